The molecule has 0 saturated heterocycles. The van der Waals surface area contributed by atoms with Crippen LogP contribution in [0.4, 0.5) is 0 Å². The maximum atomic E-state index is 12.4. The third kappa shape index (κ3) is 5.82. The van der Waals surface area contributed by atoms with E-state index in [1.807, 2.05) is 41.9 Å². The Kier molecular flexibility index (Phi) is 7.46. The Morgan fingerprint density at radius 3 is 2.73 bits per heavy atom. The van der Waals surface area contributed by atoms with Gasteiger partial charge in [-0.3, -0.25) is 4.79 Å². The Balaban J connectivity index is 1.53. The number of rotatable bonds is 10. The second kappa shape index (κ2) is 10.2. The molecule has 0 saturated carbocycles. The van der Waals surface area contributed by atoms with Crippen LogP contribution in [0, 0.1) is 5.92 Å². The number of ether oxygens (including phenoxy) is 2. The van der Waals surface area contributed by atoms with Crippen molar-refractivity contribution >= 4 is 17.2 Å². The van der Waals surface area contributed by atoms with Crippen molar-refractivity contribution in [3.05, 3.63) is 46.5 Å². The lowest BCUT2D eigenvalue weighted by molar-refractivity contribution is -0.121. The van der Waals surface area contributed by atoms with Crippen molar-refractivity contribution in [1.29, 1.82) is 0 Å². The van der Waals surface area contributed by atoms with Gasteiger partial charge in [-0.1, -0.05) is 19.9 Å². The van der Waals surface area contributed by atoms with Crippen LogP contribution in [0.5, 0.6) is 11.5 Å². The Morgan fingerprint density at radius 1 is 1.20 bits per heavy atom. The number of carbonyl (C=O) groups excluding carboxylic acids is 1. The molecule has 0 aliphatic carbocycles. The van der Waals surface area contributed by atoms with Crippen LogP contribution in [-0.2, 0) is 11.2 Å². The number of benzene rings is 1. The van der Waals surface area contributed by atoms with Crippen molar-refractivity contribution in [1.82, 2.24) is 15.5 Å². The highest BCUT2D eigenvalue weighted by molar-refractivity contribution is 7.08. The predicted octanol–water partition coefficient (Wildman–Crippen LogP) is 4.65. The van der Waals surface area contributed by atoms with Crippen LogP contribution in [0.25, 0.3) is 11.5 Å². The number of thiophene rings is 1. The van der Waals surface area contributed by atoms with E-state index in [4.69, 9.17) is 13.9 Å². The minimum absolute atomic E-state index is 0.0862. The highest BCUT2D eigenvalue weighted by Crippen LogP contribution is 2.30. The van der Waals surface area contributed by atoms with Gasteiger partial charge in [-0.2, -0.15) is 11.3 Å². The predicted molar refractivity (Wildman–Crippen MR) is 116 cm³/mol. The summed E-state index contributed by atoms with van der Waals surface area (Å²) in [5.41, 5.74) is 1.83. The number of aryl methyl sites for hydroxylation is 1. The van der Waals surface area contributed by atoms with E-state index in [1.54, 1.807) is 18.4 Å². The first-order valence-corrected chi connectivity index (χ1v) is 10.9. The molecule has 0 fully saturated rings. The maximum Gasteiger partial charge on any atom is 0.248 e. The molecule has 160 valence electrons. The average Bonchev–Trinajstić information content (AvgIpc) is 3.42. The van der Waals surface area contributed by atoms with Crippen molar-refractivity contribution in [3.63, 3.8) is 0 Å². The maximum absolute atomic E-state index is 12.4. The van der Waals surface area contributed by atoms with Crippen molar-refractivity contribution in [2.24, 2.45) is 5.92 Å². The van der Waals surface area contributed by atoms with Crippen molar-refractivity contribution in [2.75, 3.05) is 13.7 Å². The number of amides is 1. The minimum atomic E-state index is -0.172. The molecule has 3 rings (SSSR count). The Morgan fingerprint density at radius 2 is 2.03 bits per heavy atom. The quantitative estimate of drug-likeness (QED) is 0.505. The summed E-state index contributed by atoms with van der Waals surface area (Å²) in [7, 11) is 1.61. The van der Waals surface area contributed by atoms with Gasteiger partial charge in [0.25, 0.3) is 0 Å². The topological polar surface area (TPSA) is 86.5 Å². The lowest BCUT2D eigenvalue weighted by Crippen LogP contribution is -2.26. The normalized spacial score (nSPS) is 12.0. The van der Waals surface area contributed by atoms with Crippen LogP contribution in [-0.4, -0.2) is 29.8 Å². The van der Waals surface area contributed by atoms with Crippen LogP contribution in [0.15, 0.2) is 39.4 Å². The molecule has 30 heavy (non-hydrogen) atoms. The van der Waals surface area contributed by atoms with E-state index in [-0.39, 0.29) is 18.4 Å². The molecule has 0 spiro atoms. The largest absolute Gasteiger partial charge is 0.493 e. The Bertz CT molecular complexity index is 953. The molecular weight excluding hydrogens is 402 g/mol. The molecule has 0 bridgehead atoms. The zero-order chi connectivity index (χ0) is 21.5. The average molecular weight is 430 g/mol. The summed E-state index contributed by atoms with van der Waals surface area (Å²) >= 11 is 1.57. The molecule has 0 aliphatic heterocycles. The van der Waals surface area contributed by atoms with Gasteiger partial charge in [0, 0.05) is 23.8 Å². The molecule has 7 nitrogen and oxygen atoms in total. The van der Waals surface area contributed by atoms with Crippen molar-refractivity contribution in [3.8, 4) is 23.0 Å². The zero-order valence-electron chi connectivity index (χ0n) is 17.7. The monoisotopic (exact) mass is 429 g/mol. The third-order valence-corrected chi connectivity index (χ3v) is 5.12. The van der Waals surface area contributed by atoms with Crippen molar-refractivity contribution in [2.45, 2.75) is 39.7 Å². The fraction of sp³-hybridized carbons (Fsp3) is 0.409. The van der Waals surface area contributed by atoms with Crippen LogP contribution in [0.2, 0.25) is 0 Å². The Labute approximate surface area is 180 Å². The van der Waals surface area contributed by atoms with Crippen molar-refractivity contribution < 1.29 is 18.7 Å². The minimum Gasteiger partial charge on any atom is -0.493 e. The molecular formula is C22H27N3O4S. The number of carbonyl (C=O) groups is 1. The van der Waals surface area contributed by atoms with Gasteiger partial charge in [-0.05, 0) is 42.0 Å². The van der Waals surface area contributed by atoms with Gasteiger partial charge in [0.05, 0.1) is 19.8 Å². The number of hydrogen-bond donors (Lipinski definition) is 1. The van der Waals surface area contributed by atoms with Gasteiger partial charge in [0.2, 0.25) is 17.7 Å². The number of nitrogens with one attached hydrogen (secondary N) is 1. The van der Waals surface area contributed by atoms with Crippen LogP contribution >= 0.6 is 11.3 Å². The van der Waals surface area contributed by atoms with Crippen LogP contribution in [0.3, 0.4) is 0 Å². The standard InChI is InChI=1S/C22H27N3O4S/c1-14(2)12-28-18-6-5-16(11-19(18)27-4)15(3)23-20(26)7-8-21-24-25-22(29-21)17-9-10-30-13-17/h5-6,9-11,13-15H,7-8,12H2,1-4H3,(H,23,26). The number of aromatic nitrogens is 2. The fourth-order valence-corrected chi connectivity index (χ4v) is 3.43. The summed E-state index contributed by atoms with van der Waals surface area (Å²) < 4.78 is 16.9. The van der Waals surface area contributed by atoms with Gasteiger partial charge in [0.15, 0.2) is 11.5 Å². The smallest absolute Gasteiger partial charge is 0.248 e. The van der Waals surface area contributed by atoms with Gasteiger partial charge in [-0.15, -0.1) is 10.2 Å². The van der Waals surface area contributed by atoms with Crippen LogP contribution in [0.1, 0.15) is 44.7 Å². The second-order valence-electron chi connectivity index (χ2n) is 7.42. The van der Waals surface area contributed by atoms with E-state index in [0.717, 1.165) is 11.1 Å². The van der Waals surface area contributed by atoms with Gasteiger partial charge < -0.3 is 19.2 Å². The molecule has 0 radical (unpaired) electrons. The van der Waals surface area contributed by atoms with E-state index in [9.17, 15) is 4.79 Å². The molecule has 0 aliphatic rings. The number of methoxy groups -OCH3 is 1. The van der Waals surface area contributed by atoms with Crippen LogP contribution < -0.4 is 14.8 Å². The lowest BCUT2D eigenvalue weighted by Gasteiger charge is -2.17. The number of nitrogens with zero attached hydrogens (tertiary/aromatic N) is 2. The third-order valence-electron chi connectivity index (χ3n) is 4.44. The van der Waals surface area contributed by atoms with Gasteiger partial charge in [0.1, 0.15) is 0 Å². The first-order valence-electron chi connectivity index (χ1n) is 9.91. The summed E-state index contributed by atoms with van der Waals surface area (Å²) in [5.74, 6) is 2.62. The molecule has 3 aromatic rings. The summed E-state index contributed by atoms with van der Waals surface area (Å²) in [6.07, 6.45) is 0.656. The fourth-order valence-electron chi connectivity index (χ4n) is 2.80. The molecule has 1 atom stereocenters. The van der Waals surface area contributed by atoms with E-state index in [0.29, 0.717) is 42.2 Å². The number of hydrogen-bond acceptors (Lipinski definition) is 7. The molecule has 1 aromatic carbocycles. The van der Waals surface area contributed by atoms with E-state index in [2.05, 4.69) is 29.4 Å². The summed E-state index contributed by atoms with van der Waals surface area (Å²) in [6.45, 7) is 6.74. The molecule has 1 unspecified atom stereocenters. The molecule has 1 amide bonds. The first kappa shape index (κ1) is 21.8. The van der Waals surface area contributed by atoms with Gasteiger partial charge >= 0.3 is 0 Å². The molecule has 2 heterocycles. The lowest BCUT2D eigenvalue weighted by atomic mass is 10.1. The summed E-state index contributed by atoms with van der Waals surface area (Å²) in [6, 6.07) is 7.46. The van der Waals surface area contributed by atoms with E-state index in [1.165, 1.54) is 0 Å². The summed E-state index contributed by atoms with van der Waals surface area (Å²) in [5, 5.41) is 14.9. The Hall–Kier alpha value is -2.87. The van der Waals surface area contributed by atoms with E-state index < -0.39 is 0 Å². The van der Waals surface area contributed by atoms with E-state index >= 15 is 0 Å². The SMILES string of the molecule is COc1cc(C(C)NC(=O)CCc2nnc(-c3ccsc3)o2)ccc1OCC(C)C. The highest BCUT2D eigenvalue weighted by atomic mass is 32.1. The molecule has 8 heteroatoms. The second-order valence-corrected chi connectivity index (χ2v) is 8.20. The zero-order valence-corrected chi connectivity index (χ0v) is 18.5. The molecule has 2 aromatic heterocycles. The molecule has 1 N–H and O–H groups in total. The first-order chi connectivity index (χ1) is 14.5. The van der Waals surface area contributed by atoms with Gasteiger partial charge in [-0.25, -0.2) is 0 Å². The highest BCUT2D eigenvalue weighted by Gasteiger charge is 2.15. The summed E-state index contributed by atoms with van der Waals surface area (Å²) in [4.78, 5) is 12.4.